The second-order valence-corrected chi connectivity index (χ2v) is 4.18. The van der Waals surface area contributed by atoms with Crippen molar-refractivity contribution in [3.05, 3.63) is 30.3 Å². The highest BCUT2D eigenvalue weighted by molar-refractivity contribution is 7.61. The lowest BCUT2D eigenvalue weighted by Gasteiger charge is -2.10. The Kier molecular flexibility index (Phi) is 3.63. The summed E-state index contributed by atoms with van der Waals surface area (Å²) in [6.07, 6.45) is 0. The molecule has 0 saturated carbocycles. The minimum absolute atomic E-state index is 0.288. The molecule has 4 nitrogen and oxygen atoms in total. The molecule has 0 aliphatic heterocycles. The molecule has 72 valence electrons. The van der Waals surface area contributed by atoms with Gasteiger partial charge in [0.05, 0.1) is 5.30 Å². The van der Waals surface area contributed by atoms with Gasteiger partial charge in [0.15, 0.2) is 0 Å². The Labute approximate surface area is 77.0 Å². The monoisotopic (exact) mass is 201 g/mol. The fraction of sp³-hybridized carbons (Fsp3) is 0.250. The Hall–Kier alpha value is -0.670. The van der Waals surface area contributed by atoms with E-state index in [2.05, 4.69) is 10.1 Å². The Morgan fingerprint density at radius 1 is 1.46 bits per heavy atom. The van der Waals surface area contributed by atoms with Crippen LogP contribution in [0.1, 0.15) is 6.92 Å². The van der Waals surface area contributed by atoms with E-state index >= 15 is 0 Å². The molecule has 1 atom stereocenters. The van der Waals surface area contributed by atoms with Gasteiger partial charge in [-0.05, 0) is 12.1 Å². The molecule has 0 spiro atoms. The molecule has 2 N–H and O–H groups in total. The van der Waals surface area contributed by atoms with Crippen molar-refractivity contribution in [3.63, 3.8) is 0 Å². The molecule has 0 bridgehead atoms. The molecule has 1 unspecified atom stereocenters. The van der Waals surface area contributed by atoms with Crippen molar-refractivity contribution in [2.45, 2.75) is 6.92 Å². The Balaban J connectivity index is 2.76. The van der Waals surface area contributed by atoms with Crippen LogP contribution in [0.3, 0.4) is 0 Å². The zero-order valence-corrected chi connectivity index (χ0v) is 8.20. The van der Waals surface area contributed by atoms with Gasteiger partial charge in [-0.25, -0.2) is 4.62 Å². The minimum atomic E-state index is -3.67. The predicted octanol–water partition coefficient (Wildman–Crippen LogP) is 1.04. The van der Waals surface area contributed by atoms with E-state index in [-0.39, 0.29) is 5.30 Å². The lowest BCUT2D eigenvalue weighted by atomic mass is 10.4. The van der Waals surface area contributed by atoms with E-state index in [1.54, 1.807) is 37.3 Å². The molecule has 1 aromatic carbocycles. The molecule has 0 amide bonds. The molecular formula is C8H12NO3P. The number of hydroxylamine groups is 1. The molecule has 1 rings (SSSR count). The van der Waals surface area contributed by atoms with Gasteiger partial charge in [-0.2, -0.15) is 5.48 Å². The normalized spacial score (nSPS) is 15.2. The summed E-state index contributed by atoms with van der Waals surface area (Å²) in [5.41, 5.74) is 2.37. The van der Waals surface area contributed by atoms with E-state index in [1.807, 2.05) is 0 Å². The molecule has 0 heterocycles. The molecule has 13 heavy (non-hydrogen) atoms. The number of hydrogen-bond acceptors (Lipinski definition) is 3. The first kappa shape index (κ1) is 10.4. The minimum Gasteiger partial charge on any atom is -0.320 e. The first-order valence-corrected chi connectivity index (χ1v) is 5.54. The van der Waals surface area contributed by atoms with E-state index in [0.717, 1.165) is 0 Å². The fourth-order valence-corrected chi connectivity index (χ4v) is 1.78. The molecule has 0 saturated heterocycles. The van der Waals surface area contributed by atoms with Gasteiger partial charge >= 0.3 is 7.60 Å². The molecule has 5 heteroatoms. The summed E-state index contributed by atoms with van der Waals surface area (Å²) in [5.74, 6) is 0. The Morgan fingerprint density at radius 2 is 2.08 bits per heavy atom. The molecule has 0 aliphatic carbocycles. The maximum Gasteiger partial charge on any atom is 0.375 e. The summed E-state index contributed by atoms with van der Waals surface area (Å²) in [7, 11) is -3.67. The standard InChI is InChI=1S/C8H12NO3P/c1-2-9-12-13(10,11)8-6-4-3-5-7-8/h3-7,9H,2H2,1H3,(H,10,11). The third-order valence-electron chi connectivity index (χ3n) is 1.42. The number of hydrogen-bond donors (Lipinski definition) is 2. The third kappa shape index (κ3) is 2.94. The van der Waals surface area contributed by atoms with Crippen molar-refractivity contribution >= 4 is 12.9 Å². The van der Waals surface area contributed by atoms with E-state index in [0.29, 0.717) is 6.54 Å². The lowest BCUT2D eigenvalue weighted by Crippen LogP contribution is -2.16. The van der Waals surface area contributed by atoms with Crippen LogP contribution >= 0.6 is 7.60 Å². The maximum absolute atomic E-state index is 11.4. The summed E-state index contributed by atoms with van der Waals surface area (Å²) in [4.78, 5) is 9.39. The highest BCUT2D eigenvalue weighted by Gasteiger charge is 2.21. The summed E-state index contributed by atoms with van der Waals surface area (Å²) in [5, 5.41) is 0.288. The highest BCUT2D eigenvalue weighted by atomic mass is 31.2. The largest absolute Gasteiger partial charge is 0.375 e. The molecule has 1 aromatic rings. The van der Waals surface area contributed by atoms with Gasteiger partial charge in [-0.15, -0.1) is 0 Å². The van der Waals surface area contributed by atoms with Crippen LogP contribution in [0, 0.1) is 0 Å². The van der Waals surface area contributed by atoms with Gasteiger partial charge in [0.2, 0.25) is 0 Å². The van der Waals surface area contributed by atoms with Gasteiger partial charge in [0, 0.05) is 6.54 Å². The van der Waals surface area contributed by atoms with Crippen LogP contribution < -0.4 is 10.8 Å². The molecule has 0 fully saturated rings. The molecular weight excluding hydrogens is 189 g/mol. The maximum atomic E-state index is 11.4. The van der Waals surface area contributed by atoms with Crippen molar-refractivity contribution in [2.24, 2.45) is 0 Å². The first-order valence-electron chi connectivity index (χ1n) is 3.96. The number of rotatable bonds is 4. The number of benzene rings is 1. The first-order chi connectivity index (χ1) is 6.17. The number of nitrogens with one attached hydrogen (secondary N) is 1. The molecule has 0 radical (unpaired) electrons. The molecule has 0 aliphatic rings. The predicted molar refractivity (Wildman–Crippen MR) is 50.7 cm³/mol. The average Bonchev–Trinajstić information content (AvgIpc) is 2.16. The van der Waals surface area contributed by atoms with Gasteiger partial charge in [-0.1, -0.05) is 25.1 Å². The second-order valence-electron chi connectivity index (χ2n) is 2.45. The zero-order chi connectivity index (χ0) is 9.73. The van der Waals surface area contributed by atoms with Crippen LogP contribution in [-0.2, 0) is 9.19 Å². The van der Waals surface area contributed by atoms with E-state index < -0.39 is 7.60 Å². The van der Waals surface area contributed by atoms with Crippen molar-refractivity contribution in [1.29, 1.82) is 0 Å². The van der Waals surface area contributed by atoms with Crippen LogP contribution in [-0.4, -0.2) is 11.4 Å². The lowest BCUT2D eigenvalue weighted by molar-refractivity contribution is 0.178. The zero-order valence-electron chi connectivity index (χ0n) is 7.30. The van der Waals surface area contributed by atoms with Crippen molar-refractivity contribution < 1.29 is 14.1 Å². The van der Waals surface area contributed by atoms with Gasteiger partial charge < -0.3 is 4.89 Å². The highest BCUT2D eigenvalue weighted by Crippen LogP contribution is 2.38. The van der Waals surface area contributed by atoms with Gasteiger partial charge in [0.1, 0.15) is 0 Å². The van der Waals surface area contributed by atoms with Crippen molar-refractivity contribution in [2.75, 3.05) is 6.54 Å². The van der Waals surface area contributed by atoms with Gasteiger partial charge in [0.25, 0.3) is 0 Å². The van der Waals surface area contributed by atoms with Gasteiger partial charge in [-0.3, -0.25) is 4.57 Å². The van der Waals surface area contributed by atoms with E-state index in [9.17, 15) is 9.46 Å². The smallest absolute Gasteiger partial charge is 0.320 e. The Bertz CT molecular complexity index is 302. The van der Waals surface area contributed by atoms with Crippen LogP contribution in [0.15, 0.2) is 30.3 Å². The quantitative estimate of drug-likeness (QED) is 0.564. The summed E-state index contributed by atoms with van der Waals surface area (Å²) in [6, 6.07) is 8.26. The van der Waals surface area contributed by atoms with Crippen molar-refractivity contribution in [1.82, 2.24) is 5.48 Å². The van der Waals surface area contributed by atoms with Crippen LogP contribution in [0.2, 0.25) is 0 Å². The third-order valence-corrected chi connectivity index (χ3v) is 2.74. The van der Waals surface area contributed by atoms with Crippen LogP contribution in [0.4, 0.5) is 0 Å². The van der Waals surface area contributed by atoms with E-state index in [4.69, 9.17) is 0 Å². The second kappa shape index (κ2) is 4.53. The van der Waals surface area contributed by atoms with Crippen LogP contribution in [0.25, 0.3) is 0 Å². The van der Waals surface area contributed by atoms with Crippen molar-refractivity contribution in [3.8, 4) is 0 Å². The molecule has 0 aromatic heterocycles. The Morgan fingerprint density at radius 3 is 2.62 bits per heavy atom. The summed E-state index contributed by atoms with van der Waals surface area (Å²) < 4.78 is 16.1. The van der Waals surface area contributed by atoms with E-state index in [1.165, 1.54) is 0 Å². The SMILES string of the molecule is CCNOP(=O)(O)c1ccccc1. The summed E-state index contributed by atoms with van der Waals surface area (Å²) >= 11 is 0. The fourth-order valence-electron chi connectivity index (χ4n) is 0.821. The average molecular weight is 201 g/mol. The van der Waals surface area contributed by atoms with Crippen LogP contribution in [0.5, 0.6) is 0 Å². The summed E-state index contributed by atoms with van der Waals surface area (Å²) in [6.45, 7) is 2.27. The topological polar surface area (TPSA) is 58.6 Å².